The number of rotatable bonds is 9. The van der Waals surface area contributed by atoms with Gasteiger partial charge in [-0.3, -0.25) is 4.90 Å². The molecule has 0 saturated carbocycles. The zero-order chi connectivity index (χ0) is 30.3. The van der Waals surface area contributed by atoms with Crippen molar-refractivity contribution < 1.29 is 23.0 Å². The number of fused-ring (bicyclic) bond motifs is 1. The monoisotopic (exact) mass is 623 g/mol. The lowest BCUT2D eigenvalue weighted by molar-refractivity contribution is 0.0796. The molecule has 5 aromatic rings. The van der Waals surface area contributed by atoms with Crippen LogP contribution >= 0.6 is 11.6 Å². The zero-order valence-corrected chi connectivity index (χ0v) is 25.4. The first kappa shape index (κ1) is 28.9. The molecule has 1 amide bonds. The highest BCUT2D eigenvalue weighted by Crippen LogP contribution is 2.35. The Balaban J connectivity index is 1.28. The van der Waals surface area contributed by atoms with Gasteiger partial charge in [0.1, 0.15) is 43.2 Å². The summed E-state index contributed by atoms with van der Waals surface area (Å²) in [6, 6.07) is 11.1. The van der Waals surface area contributed by atoms with Crippen molar-refractivity contribution in [2.45, 2.75) is 38.5 Å². The fourth-order valence-electron chi connectivity index (χ4n) is 4.80. The summed E-state index contributed by atoms with van der Waals surface area (Å²) in [7, 11) is -1.24. The van der Waals surface area contributed by atoms with Crippen LogP contribution in [0, 0.1) is 11.6 Å². The lowest BCUT2D eigenvalue weighted by atomic mass is 10.1. The van der Waals surface area contributed by atoms with Crippen molar-refractivity contribution in [3.05, 3.63) is 83.4 Å². The van der Waals surface area contributed by atoms with Crippen LogP contribution in [0.1, 0.15) is 11.6 Å². The van der Waals surface area contributed by atoms with Gasteiger partial charge in [-0.15, -0.1) is 0 Å². The number of cyclic esters (lactones) is 1. The summed E-state index contributed by atoms with van der Waals surface area (Å²) in [5.74, 6) is -0.408. The molecule has 0 N–H and O–H groups in total. The molecule has 1 aliphatic rings. The standard InChI is InChI=1S/C29H28ClF2N7O3Si/c1-43(2,3)11-10-41-17-38-27(33-16-35-38)20-6-4-18(13-24(20)32)21-14-34-37-9-8-26(36-28(21)37)39-25(15-42-29(39)40)19-5-7-23(31)22(30)12-19/h4-9,12-14,16,25H,10-11,15,17H2,1-3H3. The molecule has 10 nitrogen and oxygen atoms in total. The van der Waals surface area contributed by atoms with E-state index in [1.165, 1.54) is 38.6 Å². The summed E-state index contributed by atoms with van der Waals surface area (Å²) in [4.78, 5) is 23.1. The Morgan fingerprint density at radius 2 is 1.91 bits per heavy atom. The Morgan fingerprint density at radius 3 is 2.67 bits per heavy atom. The largest absolute Gasteiger partial charge is 0.447 e. The van der Waals surface area contributed by atoms with E-state index in [4.69, 9.17) is 26.1 Å². The predicted molar refractivity (Wildman–Crippen MR) is 159 cm³/mol. The molecule has 0 aliphatic carbocycles. The maximum atomic E-state index is 15.5. The van der Waals surface area contributed by atoms with Gasteiger partial charge in [-0.05, 0) is 47.5 Å². The van der Waals surface area contributed by atoms with E-state index in [0.717, 1.165) is 6.04 Å². The highest BCUT2D eigenvalue weighted by Gasteiger charge is 2.37. The molecular formula is C29H28ClF2N7O3Si. The highest BCUT2D eigenvalue weighted by atomic mass is 35.5. The fourth-order valence-corrected chi connectivity index (χ4v) is 5.74. The summed E-state index contributed by atoms with van der Waals surface area (Å²) in [5.41, 5.74) is 2.36. The van der Waals surface area contributed by atoms with Gasteiger partial charge in [0.05, 0.1) is 16.8 Å². The molecule has 3 aromatic heterocycles. The Labute approximate surface area is 251 Å². The maximum Gasteiger partial charge on any atom is 0.416 e. The molecule has 0 radical (unpaired) electrons. The molecule has 1 unspecified atom stereocenters. The normalized spacial score (nSPS) is 15.4. The Kier molecular flexibility index (Phi) is 7.71. The van der Waals surface area contributed by atoms with Crippen molar-refractivity contribution in [1.82, 2.24) is 29.4 Å². The van der Waals surface area contributed by atoms with Gasteiger partial charge in [-0.2, -0.15) is 10.2 Å². The van der Waals surface area contributed by atoms with Gasteiger partial charge in [0.25, 0.3) is 0 Å². The highest BCUT2D eigenvalue weighted by molar-refractivity contribution is 6.76. The van der Waals surface area contributed by atoms with Gasteiger partial charge in [-0.25, -0.2) is 32.7 Å². The van der Waals surface area contributed by atoms with Crippen LogP contribution in [0.5, 0.6) is 0 Å². The summed E-state index contributed by atoms with van der Waals surface area (Å²) in [6.45, 7) is 7.64. The van der Waals surface area contributed by atoms with Crippen LogP contribution in [0.4, 0.5) is 19.4 Å². The number of aromatic nitrogens is 6. The molecule has 1 saturated heterocycles. The molecule has 14 heteroatoms. The zero-order valence-electron chi connectivity index (χ0n) is 23.7. The van der Waals surface area contributed by atoms with Crippen molar-refractivity contribution in [3.8, 4) is 22.5 Å². The molecule has 0 bridgehead atoms. The number of nitrogens with zero attached hydrogens (tertiary/aromatic N) is 7. The van der Waals surface area contributed by atoms with E-state index in [9.17, 15) is 9.18 Å². The lowest BCUT2D eigenvalue weighted by Crippen LogP contribution is -2.28. The molecular weight excluding hydrogens is 596 g/mol. The van der Waals surface area contributed by atoms with Crippen LogP contribution in [0.15, 0.2) is 61.2 Å². The number of anilines is 1. The van der Waals surface area contributed by atoms with E-state index in [0.29, 0.717) is 40.6 Å². The van der Waals surface area contributed by atoms with Crippen molar-refractivity contribution in [2.24, 2.45) is 0 Å². The molecule has 0 spiro atoms. The fraction of sp³-hybridized carbons (Fsp3) is 0.276. The van der Waals surface area contributed by atoms with Crippen LogP contribution < -0.4 is 4.90 Å². The third-order valence-electron chi connectivity index (χ3n) is 7.15. The molecule has 1 aliphatic heterocycles. The molecule has 1 fully saturated rings. The third-order valence-corrected chi connectivity index (χ3v) is 9.14. The SMILES string of the molecule is C[Si](C)(C)CCOCn1ncnc1-c1ccc(-c2cnn3ccc(N4C(=O)OCC4c4ccc(F)c(Cl)c4)nc23)cc1F. The van der Waals surface area contributed by atoms with E-state index in [-0.39, 0.29) is 23.9 Å². The van der Waals surface area contributed by atoms with E-state index in [1.54, 1.807) is 36.7 Å². The molecule has 2 aromatic carbocycles. The maximum absolute atomic E-state index is 15.5. The predicted octanol–water partition coefficient (Wildman–Crippen LogP) is 6.60. The van der Waals surface area contributed by atoms with Crippen LogP contribution in [-0.4, -0.2) is 56.7 Å². The Hall–Kier alpha value is -4.20. The molecule has 43 heavy (non-hydrogen) atoms. The van der Waals surface area contributed by atoms with Gasteiger partial charge in [0.15, 0.2) is 11.5 Å². The van der Waals surface area contributed by atoms with Crippen LogP contribution in [0.3, 0.4) is 0 Å². The Morgan fingerprint density at radius 1 is 1.07 bits per heavy atom. The number of ether oxygens (including phenoxy) is 2. The minimum absolute atomic E-state index is 0.0421. The number of hydrogen-bond donors (Lipinski definition) is 0. The number of halogens is 3. The number of carbonyl (C=O) groups excluding carboxylic acids is 1. The first-order valence-electron chi connectivity index (χ1n) is 13.6. The molecule has 222 valence electrons. The molecule has 6 rings (SSSR count). The quantitative estimate of drug-likeness (QED) is 0.135. The van der Waals surface area contributed by atoms with Gasteiger partial charge >= 0.3 is 6.09 Å². The van der Waals surface area contributed by atoms with Gasteiger partial charge in [-0.1, -0.05) is 43.4 Å². The van der Waals surface area contributed by atoms with Crippen molar-refractivity contribution >= 4 is 37.2 Å². The average Bonchev–Trinajstić information content (AvgIpc) is 3.70. The topological polar surface area (TPSA) is 99.7 Å². The van der Waals surface area contributed by atoms with Crippen LogP contribution in [0.2, 0.25) is 30.7 Å². The second-order valence-electron chi connectivity index (χ2n) is 11.4. The Bertz CT molecular complexity index is 1820. The van der Waals surface area contributed by atoms with Crippen LogP contribution in [-0.2, 0) is 16.2 Å². The van der Waals surface area contributed by atoms with E-state index in [1.807, 2.05) is 0 Å². The van der Waals surface area contributed by atoms with Crippen molar-refractivity contribution in [2.75, 3.05) is 18.1 Å². The van der Waals surface area contributed by atoms with E-state index >= 15 is 4.39 Å². The van der Waals surface area contributed by atoms with E-state index < -0.39 is 31.8 Å². The van der Waals surface area contributed by atoms with Crippen LogP contribution in [0.25, 0.3) is 28.2 Å². The van der Waals surface area contributed by atoms with Crippen molar-refractivity contribution in [1.29, 1.82) is 0 Å². The van der Waals surface area contributed by atoms with Crippen molar-refractivity contribution in [3.63, 3.8) is 0 Å². The number of benzene rings is 2. The lowest BCUT2D eigenvalue weighted by Gasteiger charge is -2.21. The summed E-state index contributed by atoms with van der Waals surface area (Å²) >= 11 is 5.99. The smallest absolute Gasteiger partial charge is 0.416 e. The first-order chi connectivity index (χ1) is 20.6. The minimum Gasteiger partial charge on any atom is -0.447 e. The average molecular weight is 624 g/mol. The van der Waals surface area contributed by atoms with Gasteiger partial charge < -0.3 is 9.47 Å². The number of hydrogen-bond acceptors (Lipinski definition) is 7. The molecule has 1 atom stereocenters. The summed E-state index contributed by atoms with van der Waals surface area (Å²) in [6.07, 6.45) is 4.00. The van der Waals surface area contributed by atoms with Gasteiger partial charge in [0.2, 0.25) is 0 Å². The van der Waals surface area contributed by atoms with Gasteiger partial charge in [0, 0.05) is 26.4 Å². The second kappa shape index (κ2) is 11.5. The third kappa shape index (κ3) is 5.87. The first-order valence-corrected chi connectivity index (χ1v) is 17.7. The number of carbonyl (C=O) groups is 1. The van der Waals surface area contributed by atoms with E-state index in [2.05, 4.69) is 34.8 Å². The summed E-state index contributed by atoms with van der Waals surface area (Å²) < 4.78 is 43.5. The second-order valence-corrected chi connectivity index (χ2v) is 17.4. The minimum atomic E-state index is -1.24. The number of amides is 1. The summed E-state index contributed by atoms with van der Waals surface area (Å²) in [5, 5.41) is 8.50. The molecule has 4 heterocycles.